The summed E-state index contributed by atoms with van der Waals surface area (Å²) in [6.45, 7) is 3.93. The van der Waals surface area contributed by atoms with E-state index < -0.39 is 10.0 Å². The Kier molecular flexibility index (Phi) is 6.00. The van der Waals surface area contributed by atoms with Crippen molar-refractivity contribution in [3.63, 3.8) is 0 Å². The van der Waals surface area contributed by atoms with Gasteiger partial charge in [0.25, 0.3) is 0 Å². The average molecular weight is 384 g/mol. The number of amides is 1. The van der Waals surface area contributed by atoms with Gasteiger partial charge in [0, 0.05) is 39.2 Å². The molecule has 1 unspecified atom stereocenters. The van der Waals surface area contributed by atoms with Crippen LogP contribution in [0.5, 0.6) is 11.5 Å². The topological polar surface area (TPSA) is 94.2 Å². The van der Waals surface area contributed by atoms with Crippen molar-refractivity contribution < 1.29 is 27.4 Å². The maximum Gasteiger partial charge on any atom is 0.240 e. The minimum Gasteiger partial charge on any atom is -0.486 e. The van der Waals surface area contributed by atoms with Crippen molar-refractivity contribution in [2.45, 2.75) is 30.8 Å². The van der Waals surface area contributed by atoms with E-state index >= 15 is 0 Å². The van der Waals surface area contributed by atoms with Crippen molar-refractivity contribution in [3.05, 3.63) is 18.2 Å². The molecule has 2 heterocycles. The first-order chi connectivity index (χ1) is 12.5. The van der Waals surface area contributed by atoms with Gasteiger partial charge in [0.05, 0.1) is 11.0 Å². The zero-order valence-corrected chi connectivity index (χ0v) is 15.6. The molecule has 2 aliphatic heterocycles. The van der Waals surface area contributed by atoms with E-state index in [1.165, 1.54) is 19.1 Å². The number of fused-ring (bicyclic) bond motifs is 1. The van der Waals surface area contributed by atoms with Crippen LogP contribution in [0.2, 0.25) is 0 Å². The number of hydrogen-bond acceptors (Lipinski definition) is 6. The Morgan fingerprint density at radius 3 is 2.69 bits per heavy atom. The highest BCUT2D eigenvalue weighted by Crippen LogP contribution is 2.32. The van der Waals surface area contributed by atoms with Crippen LogP contribution in [0.1, 0.15) is 19.8 Å². The average Bonchev–Trinajstić information content (AvgIpc) is 3.13. The largest absolute Gasteiger partial charge is 0.486 e. The van der Waals surface area contributed by atoms with Gasteiger partial charge in [-0.25, -0.2) is 13.1 Å². The molecule has 0 saturated carbocycles. The predicted octanol–water partition coefficient (Wildman–Crippen LogP) is 0.764. The fourth-order valence-corrected chi connectivity index (χ4v) is 4.04. The third-order valence-corrected chi connectivity index (χ3v) is 5.85. The molecule has 0 bridgehead atoms. The third-order valence-electron chi connectivity index (χ3n) is 4.39. The molecule has 9 heteroatoms. The second-order valence-corrected chi connectivity index (χ2v) is 8.07. The number of rotatable bonds is 7. The van der Waals surface area contributed by atoms with Crippen molar-refractivity contribution in [2.24, 2.45) is 0 Å². The van der Waals surface area contributed by atoms with E-state index in [4.69, 9.17) is 14.2 Å². The lowest BCUT2D eigenvalue weighted by Crippen LogP contribution is -2.41. The van der Waals surface area contributed by atoms with Crippen LogP contribution in [0, 0.1) is 0 Å². The number of ether oxygens (including phenoxy) is 3. The van der Waals surface area contributed by atoms with E-state index in [2.05, 4.69) is 4.72 Å². The fraction of sp³-hybridized carbons (Fsp3) is 0.588. The fourth-order valence-electron chi connectivity index (χ4n) is 3.00. The van der Waals surface area contributed by atoms with Crippen molar-refractivity contribution in [1.29, 1.82) is 0 Å². The zero-order chi connectivity index (χ0) is 18.6. The molecule has 3 rings (SSSR count). The molecule has 1 aromatic carbocycles. The summed E-state index contributed by atoms with van der Waals surface area (Å²) in [7, 11) is -3.70. The minimum atomic E-state index is -3.70. The van der Waals surface area contributed by atoms with Gasteiger partial charge in [0.1, 0.15) is 13.2 Å². The first-order valence-corrected chi connectivity index (χ1v) is 10.2. The van der Waals surface area contributed by atoms with Gasteiger partial charge < -0.3 is 19.1 Å². The van der Waals surface area contributed by atoms with Gasteiger partial charge >= 0.3 is 0 Å². The number of hydrogen-bond donors (Lipinski definition) is 1. The smallest absolute Gasteiger partial charge is 0.240 e. The van der Waals surface area contributed by atoms with Crippen LogP contribution < -0.4 is 14.2 Å². The van der Waals surface area contributed by atoms with Gasteiger partial charge in [-0.1, -0.05) is 0 Å². The number of sulfonamides is 1. The Morgan fingerprint density at radius 1 is 1.23 bits per heavy atom. The molecule has 26 heavy (non-hydrogen) atoms. The molecule has 144 valence electrons. The molecule has 1 fully saturated rings. The molecule has 1 aromatic rings. The maximum absolute atomic E-state index is 12.5. The predicted molar refractivity (Wildman–Crippen MR) is 93.8 cm³/mol. The molecule has 1 atom stereocenters. The highest BCUT2D eigenvalue weighted by Gasteiger charge is 2.22. The molecule has 1 N–H and O–H groups in total. The van der Waals surface area contributed by atoms with E-state index in [0.29, 0.717) is 44.4 Å². The Labute approximate surface area is 153 Å². The number of nitrogens with one attached hydrogen (secondary N) is 1. The van der Waals surface area contributed by atoms with Gasteiger partial charge in [-0.05, 0) is 25.0 Å². The second-order valence-electron chi connectivity index (χ2n) is 6.30. The Hall–Kier alpha value is -1.84. The van der Waals surface area contributed by atoms with E-state index in [1.54, 1.807) is 11.0 Å². The van der Waals surface area contributed by atoms with Crippen LogP contribution in [0.3, 0.4) is 0 Å². The highest BCUT2D eigenvalue weighted by molar-refractivity contribution is 7.89. The molecule has 2 aliphatic rings. The Morgan fingerprint density at radius 2 is 2.00 bits per heavy atom. The van der Waals surface area contributed by atoms with Crippen molar-refractivity contribution in [1.82, 2.24) is 9.62 Å². The molecule has 1 saturated heterocycles. The summed E-state index contributed by atoms with van der Waals surface area (Å²) < 4.78 is 43.9. The van der Waals surface area contributed by atoms with Crippen LogP contribution in [0.25, 0.3) is 0 Å². The Balaban J connectivity index is 1.57. The summed E-state index contributed by atoms with van der Waals surface area (Å²) >= 11 is 0. The molecule has 0 radical (unpaired) electrons. The minimum absolute atomic E-state index is 0.0355. The summed E-state index contributed by atoms with van der Waals surface area (Å²) in [6.07, 6.45) is 1.95. The zero-order valence-electron chi connectivity index (χ0n) is 14.8. The van der Waals surface area contributed by atoms with Gasteiger partial charge in [-0.15, -0.1) is 0 Å². The molecule has 0 aromatic heterocycles. The van der Waals surface area contributed by atoms with E-state index in [-0.39, 0.29) is 23.5 Å². The van der Waals surface area contributed by atoms with E-state index in [1.807, 2.05) is 0 Å². The Bertz CT molecular complexity index is 746. The van der Waals surface area contributed by atoms with Crippen LogP contribution in [-0.2, 0) is 19.6 Å². The van der Waals surface area contributed by atoms with Crippen LogP contribution >= 0.6 is 0 Å². The number of benzene rings is 1. The van der Waals surface area contributed by atoms with Crippen LogP contribution in [-0.4, -0.2) is 64.8 Å². The lowest BCUT2D eigenvalue weighted by atomic mass is 10.2. The van der Waals surface area contributed by atoms with E-state index in [0.717, 1.165) is 12.8 Å². The molecule has 0 aliphatic carbocycles. The third kappa shape index (κ3) is 4.66. The first-order valence-electron chi connectivity index (χ1n) is 8.72. The first kappa shape index (κ1) is 18.9. The van der Waals surface area contributed by atoms with Crippen molar-refractivity contribution in [2.75, 3.05) is 39.5 Å². The SMILES string of the molecule is CC(=O)N(CCNS(=O)(=O)c1ccc2c(c1)OCCO2)CC1CCCO1. The van der Waals surface area contributed by atoms with Gasteiger partial charge in [-0.3, -0.25) is 4.79 Å². The van der Waals surface area contributed by atoms with Gasteiger partial charge in [-0.2, -0.15) is 0 Å². The molecular formula is C17H24N2O6S. The number of carbonyl (C=O) groups is 1. The van der Waals surface area contributed by atoms with Crippen LogP contribution in [0.4, 0.5) is 0 Å². The molecule has 1 amide bonds. The number of nitrogens with zero attached hydrogens (tertiary/aromatic N) is 1. The lowest BCUT2D eigenvalue weighted by Gasteiger charge is -2.24. The monoisotopic (exact) mass is 384 g/mol. The normalized spacial score (nSPS) is 19.3. The summed E-state index contributed by atoms with van der Waals surface area (Å²) in [6, 6.07) is 4.51. The standard InChI is InChI=1S/C17H24N2O6S/c1-13(20)19(12-14-3-2-8-23-14)7-6-18-26(21,22)15-4-5-16-17(11-15)25-10-9-24-16/h4-5,11,14,18H,2-3,6-10,12H2,1H3. The lowest BCUT2D eigenvalue weighted by molar-refractivity contribution is -0.130. The van der Waals surface area contributed by atoms with Crippen LogP contribution in [0.15, 0.2) is 23.1 Å². The maximum atomic E-state index is 12.5. The number of carbonyl (C=O) groups excluding carboxylic acids is 1. The summed E-state index contributed by atoms with van der Waals surface area (Å²) in [5, 5.41) is 0. The molecular weight excluding hydrogens is 360 g/mol. The molecule has 0 spiro atoms. The molecule has 8 nitrogen and oxygen atoms in total. The van der Waals surface area contributed by atoms with Crippen molar-refractivity contribution in [3.8, 4) is 11.5 Å². The quantitative estimate of drug-likeness (QED) is 0.746. The highest BCUT2D eigenvalue weighted by atomic mass is 32.2. The van der Waals surface area contributed by atoms with Gasteiger partial charge in [0.2, 0.25) is 15.9 Å². The second kappa shape index (κ2) is 8.24. The van der Waals surface area contributed by atoms with Gasteiger partial charge in [0.15, 0.2) is 11.5 Å². The van der Waals surface area contributed by atoms with Crippen molar-refractivity contribution >= 4 is 15.9 Å². The summed E-state index contributed by atoms with van der Waals surface area (Å²) in [5.74, 6) is 0.858. The summed E-state index contributed by atoms with van der Waals surface area (Å²) in [5.41, 5.74) is 0. The summed E-state index contributed by atoms with van der Waals surface area (Å²) in [4.78, 5) is 13.5. The van der Waals surface area contributed by atoms with E-state index in [9.17, 15) is 13.2 Å².